The molecule has 7 heteroatoms. The number of halogens is 1. The first-order valence-corrected chi connectivity index (χ1v) is 7.31. The number of carbonyl (C=O) groups excluding carboxylic acids is 1. The predicted molar refractivity (Wildman–Crippen MR) is 81.7 cm³/mol. The minimum Gasteiger partial charge on any atom is -0.484 e. The quantitative estimate of drug-likeness (QED) is 0.884. The van der Waals surface area contributed by atoms with E-state index in [0.717, 1.165) is 0 Å². The van der Waals surface area contributed by atoms with Gasteiger partial charge in [0, 0.05) is 5.02 Å². The average molecular weight is 324 g/mol. The normalized spacial score (nSPS) is 12.2. The molecule has 1 atom stereocenters. The molecular weight excluding hydrogens is 306 g/mol. The van der Waals surface area contributed by atoms with Crippen LogP contribution in [0.2, 0.25) is 5.02 Å². The van der Waals surface area contributed by atoms with Gasteiger partial charge in [-0.05, 0) is 37.1 Å². The smallest absolute Gasteiger partial charge is 0.258 e. The molecule has 1 N–H and O–H groups in total. The summed E-state index contributed by atoms with van der Waals surface area (Å²) >= 11 is 5.79. The summed E-state index contributed by atoms with van der Waals surface area (Å²) in [4.78, 5) is 16.2. The number of ether oxygens (including phenoxy) is 1. The van der Waals surface area contributed by atoms with Gasteiger partial charge >= 0.3 is 0 Å². The van der Waals surface area contributed by atoms with Gasteiger partial charge in [-0.2, -0.15) is 4.98 Å². The Balaban J connectivity index is 1.92. The zero-order valence-corrected chi connectivity index (χ0v) is 13.4. The van der Waals surface area contributed by atoms with Gasteiger partial charge in [0.1, 0.15) is 11.8 Å². The molecule has 1 aromatic heterocycles. The van der Waals surface area contributed by atoms with Gasteiger partial charge in [0.15, 0.2) is 12.4 Å². The summed E-state index contributed by atoms with van der Waals surface area (Å²) in [5.41, 5.74) is 0. The van der Waals surface area contributed by atoms with Crippen molar-refractivity contribution >= 4 is 17.5 Å². The van der Waals surface area contributed by atoms with E-state index < -0.39 is 0 Å². The van der Waals surface area contributed by atoms with Crippen LogP contribution >= 0.6 is 11.6 Å². The van der Waals surface area contributed by atoms with E-state index in [1.165, 1.54) is 0 Å². The number of nitrogens with one attached hydrogen (secondary N) is 1. The predicted octanol–water partition coefficient (Wildman–Crippen LogP) is 2.92. The van der Waals surface area contributed by atoms with E-state index in [2.05, 4.69) is 15.5 Å². The van der Waals surface area contributed by atoms with Crippen molar-refractivity contribution < 1.29 is 14.1 Å². The monoisotopic (exact) mass is 323 g/mol. The van der Waals surface area contributed by atoms with Crippen LogP contribution in [0.1, 0.15) is 31.6 Å². The van der Waals surface area contributed by atoms with Crippen molar-refractivity contribution in [3.05, 3.63) is 41.0 Å². The molecule has 6 nitrogen and oxygen atoms in total. The van der Waals surface area contributed by atoms with Crippen LogP contribution in [0.15, 0.2) is 28.8 Å². The summed E-state index contributed by atoms with van der Waals surface area (Å²) < 4.78 is 10.5. The molecule has 0 saturated carbocycles. The second-order valence-corrected chi connectivity index (χ2v) is 5.65. The molecular formula is C15H18ClN3O3. The number of hydrogen-bond acceptors (Lipinski definition) is 5. The minimum atomic E-state index is -0.345. The van der Waals surface area contributed by atoms with Crippen molar-refractivity contribution in [2.24, 2.45) is 5.92 Å². The fraction of sp³-hybridized carbons (Fsp3) is 0.400. The van der Waals surface area contributed by atoms with E-state index in [0.29, 0.717) is 22.5 Å². The molecule has 22 heavy (non-hydrogen) atoms. The lowest BCUT2D eigenvalue weighted by molar-refractivity contribution is -0.124. The lowest BCUT2D eigenvalue weighted by atomic mass is 10.0. The van der Waals surface area contributed by atoms with Crippen LogP contribution in [-0.4, -0.2) is 22.7 Å². The summed E-state index contributed by atoms with van der Waals surface area (Å²) in [5.74, 6) is 1.36. The van der Waals surface area contributed by atoms with E-state index in [9.17, 15) is 4.79 Å². The average Bonchev–Trinajstić information content (AvgIpc) is 2.90. The molecule has 0 aliphatic carbocycles. The maximum atomic E-state index is 12.0. The third-order valence-electron chi connectivity index (χ3n) is 2.98. The zero-order chi connectivity index (χ0) is 16.1. The highest BCUT2D eigenvalue weighted by Crippen LogP contribution is 2.20. The molecule has 0 unspecified atom stereocenters. The summed E-state index contributed by atoms with van der Waals surface area (Å²) in [6.07, 6.45) is 0. The first-order chi connectivity index (χ1) is 10.5. The Morgan fingerprint density at radius 3 is 2.59 bits per heavy atom. The maximum absolute atomic E-state index is 12.0. The van der Waals surface area contributed by atoms with Gasteiger partial charge in [0.2, 0.25) is 5.89 Å². The third kappa shape index (κ3) is 4.46. The highest BCUT2D eigenvalue weighted by molar-refractivity contribution is 6.30. The first kappa shape index (κ1) is 16.3. The van der Waals surface area contributed by atoms with Gasteiger partial charge in [-0.15, -0.1) is 0 Å². The molecule has 0 aliphatic rings. The number of amides is 1. The molecule has 0 radical (unpaired) electrons. The number of aromatic nitrogens is 2. The SMILES string of the molecule is Cc1noc([C@@H](NC(=O)COc2ccc(Cl)cc2)C(C)C)n1. The summed E-state index contributed by atoms with van der Waals surface area (Å²) in [6, 6.07) is 6.47. The van der Waals surface area contributed by atoms with Crippen LogP contribution in [0.5, 0.6) is 5.75 Å². The highest BCUT2D eigenvalue weighted by atomic mass is 35.5. The summed E-state index contributed by atoms with van der Waals surface area (Å²) in [5, 5.41) is 7.20. The van der Waals surface area contributed by atoms with Gasteiger partial charge < -0.3 is 14.6 Å². The molecule has 1 aromatic carbocycles. The van der Waals surface area contributed by atoms with E-state index in [-0.39, 0.29) is 24.5 Å². The molecule has 0 saturated heterocycles. The minimum absolute atomic E-state index is 0.0992. The third-order valence-corrected chi connectivity index (χ3v) is 3.23. The topological polar surface area (TPSA) is 77.2 Å². The number of benzene rings is 1. The van der Waals surface area contributed by atoms with E-state index in [4.69, 9.17) is 20.9 Å². The van der Waals surface area contributed by atoms with Gasteiger partial charge in [0.25, 0.3) is 5.91 Å². The molecule has 0 bridgehead atoms. The molecule has 2 aromatic rings. The van der Waals surface area contributed by atoms with E-state index >= 15 is 0 Å². The number of aryl methyl sites for hydroxylation is 1. The number of nitrogens with zero attached hydrogens (tertiary/aromatic N) is 2. The maximum Gasteiger partial charge on any atom is 0.258 e. The van der Waals surface area contributed by atoms with Crippen LogP contribution in [-0.2, 0) is 4.79 Å². The van der Waals surface area contributed by atoms with Crippen LogP contribution < -0.4 is 10.1 Å². The Morgan fingerprint density at radius 2 is 2.05 bits per heavy atom. The van der Waals surface area contributed by atoms with Crippen molar-refractivity contribution in [1.82, 2.24) is 15.5 Å². The Hall–Kier alpha value is -2.08. The van der Waals surface area contributed by atoms with Gasteiger partial charge in [0.05, 0.1) is 0 Å². The highest BCUT2D eigenvalue weighted by Gasteiger charge is 2.24. The van der Waals surface area contributed by atoms with Crippen molar-refractivity contribution in [3.63, 3.8) is 0 Å². The number of carbonyl (C=O) groups is 1. The molecule has 0 fully saturated rings. The van der Waals surface area contributed by atoms with Gasteiger partial charge in [-0.25, -0.2) is 0 Å². The lowest BCUT2D eigenvalue weighted by Gasteiger charge is -2.18. The van der Waals surface area contributed by atoms with Crippen LogP contribution in [0, 0.1) is 12.8 Å². The fourth-order valence-electron chi connectivity index (χ4n) is 1.85. The van der Waals surface area contributed by atoms with Gasteiger partial charge in [-0.3, -0.25) is 4.79 Å². The van der Waals surface area contributed by atoms with E-state index in [1.54, 1.807) is 31.2 Å². The van der Waals surface area contributed by atoms with Crippen LogP contribution in [0.25, 0.3) is 0 Å². The van der Waals surface area contributed by atoms with Crippen LogP contribution in [0.3, 0.4) is 0 Å². The van der Waals surface area contributed by atoms with Crippen molar-refractivity contribution in [2.75, 3.05) is 6.61 Å². The van der Waals surface area contributed by atoms with Crippen molar-refractivity contribution in [1.29, 1.82) is 0 Å². The standard InChI is InChI=1S/C15H18ClN3O3/c1-9(2)14(15-17-10(3)19-22-15)18-13(20)8-21-12-6-4-11(16)5-7-12/h4-7,9,14H,8H2,1-3H3,(H,18,20)/t14-/m0/s1. The molecule has 1 amide bonds. The van der Waals surface area contributed by atoms with Gasteiger partial charge in [-0.1, -0.05) is 30.6 Å². The van der Waals surface area contributed by atoms with Crippen LogP contribution in [0.4, 0.5) is 0 Å². The number of hydrogen-bond donors (Lipinski definition) is 1. The largest absolute Gasteiger partial charge is 0.484 e. The Kier molecular flexibility index (Phi) is 5.38. The Morgan fingerprint density at radius 1 is 1.36 bits per heavy atom. The molecule has 118 valence electrons. The van der Waals surface area contributed by atoms with Crippen molar-refractivity contribution in [3.8, 4) is 5.75 Å². The first-order valence-electron chi connectivity index (χ1n) is 6.93. The molecule has 0 spiro atoms. The van der Waals surface area contributed by atoms with Crippen molar-refractivity contribution in [2.45, 2.75) is 26.8 Å². The fourth-order valence-corrected chi connectivity index (χ4v) is 1.97. The number of rotatable bonds is 6. The second kappa shape index (κ2) is 7.26. The Bertz CT molecular complexity index is 625. The summed E-state index contributed by atoms with van der Waals surface area (Å²) in [7, 11) is 0. The molecule has 2 rings (SSSR count). The zero-order valence-electron chi connectivity index (χ0n) is 12.7. The molecule has 1 heterocycles. The molecule has 0 aliphatic heterocycles. The summed E-state index contributed by atoms with van der Waals surface area (Å²) in [6.45, 7) is 5.56. The van der Waals surface area contributed by atoms with E-state index in [1.807, 2.05) is 13.8 Å². The lowest BCUT2D eigenvalue weighted by Crippen LogP contribution is -2.35. The second-order valence-electron chi connectivity index (χ2n) is 5.21. The Labute approximate surface area is 133 Å².